The van der Waals surface area contributed by atoms with Crippen molar-refractivity contribution in [3.8, 4) is 0 Å². The summed E-state index contributed by atoms with van der Waals surface area (Å²) in [6, 6.07) is 1.82. The lowest BCUT2D eigenvalue weighted by molar-refractivity contribution is -0.147. The van der Waals surface area contributed by atoms with Gasteiger partial charge in [0.05, 0.1) is 0 Å². The van der Waals surface area contributed by atoms with E-state index in [1.54, 1.807) is 6.08 Å². The zero-order chi connectivity index (χ0) is 12.4. The van der Waals surface area contributed by atoms with Crippen LogP contribution in [0, 0.1) is 0 Å². The van der Waals surface area contributed by atoms with Crippen LogP contribution in [0.25, 0.3) is 6.08 Å². The lowest BCUT2D eigenvalue weighted by Gasteiger charge is -2.25. The van der Waals surface area contributed by atoms with Gasteiger partial charge in [0.1, 0.15) is 12.2 Å². The molecular weight excluding hydrogens is 240 g/mol. The van der Waals surface area contributed by atoms with E-state index in [1.807, 2.05) is 16.8 Å². The lowest BCUT2D eigenvalue weighted by atomic mass is 10.2. The second-order valence-corrected chi connectivity index (χ2v) is 4.35. The van der Waals surface area contributed by atoms with E-state index in [2.05, 4.69) is 5.32 Å². The summed E-state index contributed by atoms with van der Waals surface area (Å²) in [6.45, 7) is 1.05. The minimum Gasteiger partial charge on any atom is -0.320 e. The van der Waals surface area contributed by atoms with Crippen molar-refractivity contribution in [1.82, 2.24) is 10.2 Å². The molecular formula is C11H10N2O3S. The van der Waals surface area contributed by atoms with E-state index in [0.29, 0.717) is 0 Å². The van der Waals surface area contributed by atoms with Crippen LogP contribution in [0.1, 0.15) is 12.5 Å². The standard InChI is InChI=1S/C11H10N2O3S/c1-7(14)13-5-10(15)12-9(11(13)16)4-8-2-3-17-6-8/h2-4,6H,5H2,1H3,(H,12,15)/b9-4-. The Kier molecular flexibility index (Phi) is 3.06. The Hall–Kier alpha value is -1.95. The fraction of sp³-hybridized carbons (Fsp3) is 0.182. The van der Waals surface area contributed by atoms with Gasteiger partial charge in [0, 0.05) is 6.92 Å². The Morgan fingerprint density at radius 1 is 1.53 bits per heavy atom. The quantitative estimate of drug-likeness (QED) is 0.742. The molecule has 1 fully saturated rings. The summed E-state index contributed by atoms with van der Waals surface area (Å²) in [5.74, 6) is -1.26. The summed E-state index contributed by atoms with van der Waals surface area (Å²) >= 11 is 1.49. The Morgan fingerprint density at radius 2 is 2.29 bits per heavy atom. The van der Waals surface area contributed by atoms with E-state index in [0.717, 1.165) is 10.5 Å². The van der Waals surface area contributed by atoms with Crippen molar-refractivity contribution >= 4 is 35.1 Å². The van der Waals surface area contributed by atoms with Crippen LogP contribution < -0.4 is 5.32 Å². The van der Waals surface area contributed by atoms with E-state index >= 15 is 0 Å². The van der Waals surface area contributed by atoms with Gasteiger partial charge in [-0.05, 0) is 28.5 Å². The number of nitrogens with one attached hydrogen (secondary N) is 1. The smallest absolute Gasteiger partial charge is 0.277 e. The first kappa shape index (κ1) is 11.5. The highest BCUT2D eigenvalue weighted by molar-refractivity contribution is 7.08. The lowest BCUT2D eigenvalue weighted by Crippen LogP contribution is -2.51. The zero-order valence-corrected chi connectivity index (χ0v) is 9.91. The van der Waals surface area contributed by atoms with Gasteiger partial charge in [-0.25, -0.2) is 0 Å². The minimum absolute atomic E-state index is 0.134. The number of carbonyl (C=O) groups excluding carboxylic acids is 3. The van der Waals surface area contributed by atoms with Gasteiger partial charge in [-0.2, -0.15) is 11.3 Å². The molecule has 0 spiro atoms. The van der Waals surface area contributed by atoms with Crippen molar-refractivity contribution in [2.24, 2.45) is 0 Å². The fourth-order valence-electron chi connectivity index (χ4n) is 1.48. The molecule has 0 bridgehead atoms. The number of carbonyl (C=O) groups is 3. The zero-order valence-electron chi connectivity index (χ0n) is 9.10. The van der Waals surface area contributed by atoms with E-state index in [9.17, 15) is 14.4 Å². The molecule has 17 heavy (non-hydrogen) atoms. The summed E-state index contributed by atoms with van der Waals surface area (Å²) in [5.41, 5.74) is 0.957. The van der Waals surface area contributed by atoms with Crippen molar-refractivity contribution in [1.29, 1.82) is 0 Å². The van der Waals surface area contributed by atoms with Gasteiger partial charge < -0.3 is 5.32 Å². The molecule has 5 nitrogen and oxygen atoms in total. The second-order valence-electron chi connectivity index (χ2n) is 3.57. The van der Waals surface area contributed by atoms with Crippen LogP contribution in [0.5, 0.6) is 0 Å². The molecule has 88 valence electrons. The topological polar surface area (TPSA) is 66.5 Å². The number of nitrogens with zero attached hydrogens (tertiary/aromatic N) is 1. The number of piperazine rings is 1. The molecule has 1 aromatic heterocycles. The molecule has 0 aromatic carbocycles. The highest BCUT2D eigenvalue weighted by Crippen LogP contribution is 2.13. The summed E-state index contributed by atoms with van der Waals surface area (Å²) in [6.07, 6.45) is 1.56. The Morgan fingerprint density at radius 3 is 2.88 bits per heavy atom. The summed E-state index contributed by atoms with van der Waals surface area (Å²) < 4.78 is 0. The predicted molar refractivity (Wildman–Crippen MR) is 62.8 cm³/mol. The van der Waals surface area contributed by atoms with E-state index in [-0.39, 0.29) is 18.1 Å². The van der Waals surface area contributed by atoms with Crippen molar-refractivity contribution in [2.45, 2.75) is 6.92 Å². The summed E-state index contributed by atoms with van der Waals surface area (Å²) in [7, 11) is 0. The molecule has 0 radical (unpaired) electrons. The third-order valence-electron chi connectivity index (χ3n) is 2.29. The highest BCUT2D eigenvalue weighted by Gasteiger charge is 2.30. The molecule has 6 heteroatoms. The second kappa shape index (κ2) is 4.50. The molecule has 1 aromatic rings. The number of amides is 3. The molecule has 1 N–H and O–H groups in total. The number of hydrogen-bond acceptors (Lipinski definition) is 4. The van der Waals surface area contributed by atoms with Gasteiger partial charge >= 0.3 is 0 Å². The first-order valence-electron chi connectivity index (χ1n) is 4.94. The normalized spacial score (nSPS) is 18.4. The van der Waals surface area contributed by atoms with E-state index in [1.165, 1.54) is 18.3 Å². The third-order valence-corrected chi connectivity index (χ3v) is 2.99. The fourth-order valence-corrected chi connectivity index (χ4v) is 2.10. The number of hydrogen-bond donors (Lipinski definition) is 1. The maximum Gasteiger partial charge on any atom is 0.277 e. The average Bonchev–Trinajstić information content (AvgIpc) is 2.75. The monoisotopic (exact) mass is 250 g/mol. The van der Waals surface area contributed by atoms with Gasteiger partial charge in [0.25, 0.3) is 5.91 Å². The van der Waals surface area contributed by atoms with Crippen LogP contribution in [0.4, 0.5) is 0 Å². The number of thiophene rings is 1. The van der Waals surface area contributed by atoms with E-state index in [4.69, 9.17) is 0 Å². The molecule has 0 unspecified atom stereocenters. The largest absolute Gasteiger partial charge is 0.320 e. The van der Waals surface area contributed by atoms with Gasteiger partial charge in [-0.15, -0.1) is 0 Å². The van der Waals surface area contributed by atoms with Gasteiger partial charge in [-0.3, -0.25) is 19.3 Å². The van der Waals surface area contributed by atoms with Crippen molar-refractivity contribution in [3.05, 3.63) is 28.1 Å². The van der Waals surface area contributed by atoms with Crippen LogP contribution in [0.15, 0.2) is 22.5 Å². The van der Waals surface area contributed by atoms with Crippen molar-refractivity contribution in [3.63, 3.8) is 0 Å². The van der Waals surface area contributed by atoms with Gasteiger partial charge in [-0.1, -0.05) is 0 Å². The SMILES string of the molecule is CC(=O)N1CC(=O)N/C(=C\c2ccsc2)C1=O. The minimum atomic E-state index is -0.469. The van der Waals surface area contributed by atoms with Gasteiger partial charge in [0.2, 0.25) is 11.8 Å². The van der Waals surface area contributed by atoms with Gasteiger partial charge in [0.15, 0.2) is 0 Å². The molecule has 0 atom stereocenters. The van der Waals surface area contributed by atoms with Crippen molar-refractivity contribution in [2.75, 3.05) is 6.54 Å². The first-order chi connectivity index (χ1) is 8.08. The van der Waals surface area contributed by atoms with E-state index < -0.39 is 11.8 Å². The maximum atomic E-state index is 11.9. The average molecular weight is 250 g/mol. The molecule has 0 aliphatic carbocycles. The number of rotatable bonds is 1. The van der Waals surface area contributed by atoms with Crippen LogP contribution >= 0.6 is 11.3 Å². The Bertz CT molecular complexity index is 505. The summed E-state index contributed by atoms with van der Waals surface area (Å²) in [4.78, 5) is 35.4. The molecule has 2 rings (SSSR count). The molecule has 3 amide bonds. The highest BCUT2D eigenvalue weighted by atomic mass is 32.1. The third kappa shape index (κ3) is 2.42. The molecule has 0 saturated carbocycles. The van der Waals surface area contributed by atoms with Crippen LogP contribution in [-0.2, 0) is 14.4 Å². The summed E-state index contributed by atoms with van der Waals surface area (Å²) in [5, 5.41) is 6.18. The first-order valence-corrected chi connectivity index (χ1v) is 5.88. The number of imide groups is 1. The Labute approximate surface area is 102 Å². The molecule has 1 aliphatic rings. The molecule has 1 saturated heterocycles. The Balaban J connectivity index is 2.31. The van der Waals surface area contributed by atoms with Crippen LogP contribution in [0.2, 0.25) is 0 Å². The van der Waals surface area contributed by atoms with Crippen molar-refractivity contribution < 1.29 is 14.4 Å². The maximum absolute atomic E-state index is 11.9. The molecule has 1 aliphatic heterocycles. The molecule has 2 heterocycles. The van der Waals surface area contributed by atoms with Crippen LogP contribution in [0.3, 0.4) is 0 Å². The van der Waals surface area contributed by atoms with Crippen LogP contribution in [-0.4, -0.2) is 29.2 Å². The predicted octanol–water partition coefficient (Wildman–Crippen LogP) is 0.594.